The number of likely N-dealkylation sites (tertiary alicyclic amines) is 1. The lowest BCUT2D eigenvalue weighted by molar-refractivity contribution is -0.147. The summed E-state index contributed by atoms with van der Waals surface area (Å²) < 4.78 is 0. The molecule has 23 N–H and O–H groups in total. The zero-order chi connectivity index (χ0) is 70.8. The third-order valence-corrected chi connectivity index (χ3v) is 15.8. The van der Waals surface area contributed by atoms with Crippen LogP contribution in [0.4, 0.5) is 0 Å². The molecule has 4 heterocycles. The number of rotatable bonds is 40. The minimum atomic E-state index is -1.91. The molecule has 0 bridgehead atoms. The van der Waals surface area contributed by atoms with Crippen molar-refractivity contribution in [2.45, 2.75) is 164 Å². The van der Waals surface area contributed by atoms with E-state index < -0.39 is 194 Å². The summed E-state index contributed by atoms with van der Waals surface area (Å²) in [6.07, 6.45) is 3.30. The second-order valence-corrected chi connectivity index (χ2v) is 23.4. The number of amides is 13. The number of primary amides is 2. The molecule has 526 valence electrons. The van der Waals surface area contributed by atoms with Crippen LogP contribution in [0.15, 0.2) is 43.0 Å². The molecule has 37 nitrogen and oxygen atoms in total. The average molecular weight is 1350 g/mol. The summed E-state index contributed by atoms with van der Waals surface area (Å²) in [5, 5.41) is 67.7. The number of unbranched alkanes of at least 4 members (excludes halogenated alkanes) is 1. The minimum Gasteiger partial charge on any atom is -0.481 e. The molecule has 37 heteroatoms. The second kappa shape index (κ2) is 37.7. The molecule has 1 aromatic carbocycles. The molecule has 2 fully saturated rings. The SMILES string of the molecule is CC(C)[C@H](NC(=O)[C@H](CO)NC(=O)[C@H](CCCCN)NC(=O)[C@H](CCC(N)=O)NC(=O)[C@@H]1CCCN1)C(=O)N[C@@H](Cc1c[nH]c2ccccc12)C(=O)N[C@@H](Cc1cnc[nH]1)C(=O)NCC(=O)N[C@@H](CO)C(=O)N[C@@H](CC(=O)O)C(=O)N1CCC[C@H]1C(=O)N[C@@H](CC(N)=O)C(=O)O. The molecule has 0 radical (unpaired) electrons. The normalized spacial score (nSPS) is 17.1. The van der Waals surface area contributed by atoms with Crippen molar-refractivity contribution in [1.29, 1.82) is 0 Å². The number of carbonyl (C=O) groups is 15. The number of nitrogens with zero attached hydrogens (tertiary/aromatic N) is 2. The van der Waals surface area contributed by atoms with E-state index >= 15 is 0 Å². The highest BCUT2D eigenvalue weighted by Crippen LogP contribution is 2.22. The number of aliphatic carboxylic acids is 2. The zero-order valence-corrected chi connectivity index (χ0v) is 52.9. The fraction of sp³-hybridized carbons (Fsp3) is 0.559. The summed E-state index contributed by atoms with van der Waals surface area (Å²) in [6, 6.07) is -9.61. The fourth-order valence-corrected chi connectivity index (χ4v) is 10.7. The van der Waals surface area contributed by atoms with E-state index in [4.69, 9.17) is 17.2 Å². The number of para-hydroxylation sites is 1. The van der Waals surface area contributed by atoms with Crippen molar-refractivity contribution >= 4 is 99.6 Å². The van der Waals surface area contributed by atoms with Crippen LogP contribution in [-0.2, 0) is 84.8 Å². The quantitative estimate of drug-likeness (QED) is 0.0235. The number of carboxylic acids is 2. The molecule has 13 amide bonds. The maximum absolute atomic E-state index is 14.7. The predicted octanol–water partition coefficient (Wildman–Crippen LogP) is -7.63. The van der Waals surface area contributed by atoms with Crippen molar-refractivity contribution in [2.75, 3.05) is 39.4 Å². The van der Waals surface area contributed by atoms with Gasteiger partial charge in [-0.3, -0.25) is 67.1 Å². The first-order valence-corrected chi connectivity index (χ1v) is 31.1. The van der Waals surface area contributed by atoms with Gasteiger partial charge in [0.25, 0.3) is 0 Å². The lowest BCUT2D eigenvalue weighted by Crippen LogP contribution is -2.61. The summed E-state index contributed by atoms with van der Waals surface area (Å²) in [5.41, 5.74) is 17.6. The van der Waals surface area contributed by atoms with Gasteiger partial charge in [0.05, 0.1) is 45.0 Å². The van der Waals surface area contributed by atoms with Gasteiger partial charge in [-0.1, -0.05) is 32.0 Å². The first kappa shape index (κ1) is 76.6. The number of aliphatic hydroxyl groups is 2. The molecule has 5 rings (SSSR count). The Balaban J connectivity index is 1.30. The Labute approximate surface area is 549 Å². The number of fused-ring (bicyclic) bond motifs is 1. The van der Waals surface area contributed by atoms with Crippen molar-refractivity contribution in [2.24, 2.45) is 23.1 Å². The average Bonchev–Trinajstić information content (AvgIpc) is 1.77. The molecule has 2 saturated heterocycles. The summed E-state index contributed by atoms with van der Waals surface area (Å²) in [6.45, 7) is 0.638. The number of aromatic amines is 2. The molecular formula is C59H86N18O19. The highest BCUT2D eigenvalue weighted by Gasteiger charge is 2.41. The van der Waals surface area contributed by atoms with Gasteiger partial charge in [-0.2, -0.15) is 0 Å². The van der Waals surface area contributed by atoms with Gasteiger partial charge < -0.3 is 111 Å². The Hall–Kier alpha value is -10.1. The van der Waals surface area contributed by atoms with Crippen LogP contribution in [-0.4, -0.2) is 235 Å². The number of benzene rings is 1. The van der Waals surface area contributed by atoms with Crippen LogP contribution in [0.1, 0.15) is 95.7 Å². The maximum Gasteiger partial charge on any atom is 0.326 e. The summed E-state index contributed by atoms with van der Waals surface area (Å²) in [5.74, 6) is -16.6. The van der Waals surface area contributed by atoms with Crippen LogP contribution < -0.4 is 75.7 Å². The van der Waals surface area contributed by atoms with E-state index in [1.54, 1.807) is 44.3 Å². The lowest BCUT2D eigenvalue weighted by Gasteiger charge is -2.29. The molecule has 2 aliphatic heterocycles. The molecule has 0 saturated carbocycles. The number of hydrogen-bond acceptors (Lipinski definition) is 20. The van der Waals surface area contributed by atoms with Gasteiger partial charge in [0.2, 0.25) is 76.8 Å². The number of carbonyl (C=O) groups excluding carboxylic acids is 13. The van der Waals surface area contributed by atoms with Crippen molar-refractivity contribution in [3.05, 3.63) is 54.2 Å². The number of H-pyrrole nitrogens is 2. The summed E-state index contributed by atoms with van der Waals surface area (Å²) in [4.78, 5) is 210. The number of nitrogens with two attached hydrogens (primary N) is 3. The van der Waals surface area contributed by atoms with Crippen molar-refractivity contribution in [3.8, 4) is 0 Å². The van der Waals surface area contributed by atoms with Gasteiger partial charge in [-0.05, 0) is 82.0 Å². The lowest BCUT2D eigenvalue weighted by atomic mass is 9.99. The minimum absolute atomic E-state index is 0.0249. The van der Waals surface area contributed by atoms with Crippen LogP contribution in [0.2, 0.25) is 0 Å². The standard InChI is InChI=1S/C59H86N18O19/c1-29(2)48(76-55(91)42(27-79)75-51(87)35(11-5-6-16-60)69-52(88)36(14-15-44(61)80)70-50(86)34-12-7-17-64-34)57(93)72-37(19-30-23-65-33-10-4-3-9-32(30)33)53(89)71-38(20-31-24-63-28-67-31)49(85)66-25-46(82)68-41(26-78)54(90)73-39(22-47(83)84)58(94)77-18-8-13-43(77)56(92)74-40(59(95)96)21-45(62)81/h3-4,9-10,23-24,28-29,34-43,48,64-65,78-79H,5-8,11-22,25-27,60H2,1-2H3,(H2,61,80)(H2,62,81)(H,63,67)(H,66,85)(H,68,82)(H,69,88)(H,70,86)(H,71,89)(H,72,93)(H,73,90)(H,74,92)(H,75,87)(H,76,91)(H,83,84)(H,95,96)/t34-,35-,36-,37-,38-,39-,40-,41-,42-,43-,48-/m0/s1. The van der Waals surface area contributed by atoms with Crippen LogP contribution in [0, 0.1) is 5.92 Å². The Kier molecular flexibility index (Phi) is 30.0. The molecule has 3 aromatic rings. The smallest absolute Gasteiger partial charge is 0.326 e. The monoisotopic (exact) mass is 1350 g/mol. The van der Waals surface area contributed by atoms with E-state index in [2.05, 4.69) is 73.4 Å². The van der Waals surface area contributed by atoms with Crippen LogP contribution in [0.5, 0.6) is 0 Å². The van der Waals surface area contributed by atoms with Crippen molar-refractivity contribution in [1.82, 2.24) is 78.3 Å². The number of aromatic nitrogens is 3. The van der Waals surface area contributed by atoms with Gasteiger partial charge in [-0.15, -0.1) is 0 Å². The molecule has 2 aliphatic rings. The van der Waals surface area contributed by atoms with Gasteiger partial charge in [0, 0.05) is 54.8 Å². The molecule has 0 aliphatic carbocycles. The van der Waals surface area contributed by atoms with E-state index in [1.807, 2.05) is 0 Å². The molecule has 0 spiro atoms. The molecule has 2 aromatic heterocycles. The fourth-order valence-electron chi connectivity index (χ4n) is 10.7. The number of imidazole rings is 1. The summed E-state index contributed by atoms with van der Waals surface area (Å²) in [7, 11) is 0. The van der Waals surface area contributed by atoms with E-state index in [0.29, 0.717) is 48.7 Å². The molecular weight excluding hydrogens is 1260 g/mol. The Morgan fingerprint density at radius 1 is 0.625 bits per heavy atom. The summed E-state index contributed by atoms with van der Waals surface area (Å²) >= 11 is 0. The number of nitrogens with one attached hydrogen (secondary N) is 13. The number of aliphatic hydroxyl groups excluding tert-OH is 2. The Morgan fingerprint density at radius 2 is 1.23 bits per heavy atom. The van der Waals surface area contributed by atoms with Crippen LogP contribution in [0.25, 0.3) is 10.9 Å². The first-order valence-electron chi connectivity index (χ1n) is 31.1. The third kappa shape index (κ3) is 23.4. The van der Waals surface area contributed by atoms with Gasteiger partial charge in [-0.25, -0.2) is 9.78 Å². The van der Waals surface area contributed by atoms with Crippen LogP contribution in [0.3, 0.4) is 0 Å². The van der Waals surface area contributed by atoms with E-state index in [1.165, 1.54) is 12.5 Å². The second-order valence-electron chi connectivity index (χ2n) is 23.4. The third-order valence-electron chi connectivity index (χ3n) is 15.8. The van der Waals surface area contributed by atoms with E-state index in [0.717, 1.165) is 4.90 Å². The van der Waals surface area contributed by atoms with Crippen LogP contribution >= 0.6 is 0 Å². The highest BCUT2D eigenvalue weighted by molar-refractivity contribution is 6.00. The van der Waals surface area contributed by atoms with E-state index in [-0.39, 0.29) is 63.7 Å². The van der Waals surface area contributed by atoms with Gasteiger partial charge in [0.1, 0.15) is 60.4 Å². The van der Waals surface area contributed by atoms with Crippen molar-refractivity contribution < 1.29 is 92.3 Å². The largest absolute Gasteiger partial charge is 0.481 e. The van der Waals surface area contributed by atoms with Gasteiger partial charge >= 0.3 is 11.9 Å². The topological polar surface area (TPSA) is 595 Å². The van der Waals surface area contributed by atoms with E-state index in [9.17, 15) is 92.3 Å². The molecule has 96 heavy (non-hydrogen) atoms. The Bertz CT molecular complexity index is 3270. The van der Waals surface area contributed by atoms with Gasteiger partial charge in [0.15, 0.2) is 0 Å². The Morgan fingerprint density at radius 3 is 1.84 bits per heavy atom. The zero-order valence-electron chi connectivity index (χ0n) is 52.9. The predicted molar refractivity (Wildman–Crippen MR) is 334 cm³/mol. The number of hydrogen-bond donors (Lipinski definition) is 20. The maximum atomic E-state index is 14.7. The molecule has 0 unspecified atom stereocenters. The first-order chi connectivity index (χ1) is 45.6. The number of carboxylic acid groups (broad SMARTS) is 2. The molecule has 11 atom stereocenters. The highest BCUT2D eigenvalue weighted by atomic mass is 16.4. The van der Waals surface area contributed by atoms with Crippen molar-refractivity contribution in [3.63, 3.8) is 0 Å².